The van der Waals surface area contributed by atoms with E-state index in [0.29, 0.717) is 54.8 Å². The molecule has 0 N–H and O–H groups in total. The Balaban J connectivity index is 1.45. The lowest BCUT2D eigenvalue weighted by molar-refractivity contribution is -0.139. The van der Waals surface area contributed by atoms with Gasteiger partial charge in [0.1, 0.15) is 11.9 Å². The van der Waals surface area contributed by atoms with Gasteiger partial charge in [0, 0.05) is 43.3 Å². The van der Waals surface area contributed by atoms with Gasteiger partial charge >= 0.3 is 0 Å². The normalized spacial score (nSPS) is 16.6. The lowest BCUT2D eigenvalue weighted by Gasteiger charge is -2.33. The Morgan fingerprint density at radius 3 is 2.81 bits per heavy atom. The van der Waals surface area contributed by atoms with Gasteiger partial charge in [0.2, 0.25) is 17.7 Å². The number of halogens is 1. The molecule has 1 amide bonds. The average Bonchev–Trinajstić information content (AvgIpc) is 3.27. The van der Waals surface area contributed by atoms with Crippen LogP contribution in [0.25, 0.3) is 11.3 Å². The summed E-state index contributed by atoms with van der Waals surface area (Å²) in [6.45, 7) is 5.10. The fourth-order valence-electron chi connectivity index (χ4n) is 3.46. The van der Waals surface area contributed by atoms with E-state index in [0.717, 1.165) is 0 Å². The summed E-state index contributed by atoms with van der Waals surface area (Å²) in [5.74, 6) is 0.754. The number of rotatable bonds is 6. The number of aryl methyl sites for hydroxylation is 1. The number of aromatic nitrogens is 4. The van der Waals surface area contributed by atoms with Gasteiger partial charge in [-0.3, -0.25) is 14.8 Å². The van der Waals surface area contributed by atoms with Gasteiger partial charge in [-0.2, -0.15) is 0 Å². The van der Waals surface area contributed by atoms with Crippen molar-refractivity contribution in [2.24, 2.45) is 0 Å². The van der Waals surface area contributed by atoms with Crippen LogP contribution in [0.5, 0.6) is 0 Å². The number of nitrogens with zero attached hydrogens (tertiary/aromatic N) is 5. The van der Waals surface area contributed by atoms with Crippen LogP contribution in [0.1, 0.15) is 49.8 Å². The number of carbonyl (C=O) groups excluding carboxylic acids is 1. The van der Waals surface area contributed by atoms with Gasteiger partial charge in [0.15, 0.2) is 0 Å². The van der Waals surface area contributed by atoms with Gasteiger partial charge < -0.3 is 14.1 Å². The van der Waals surface area contributed by atoms with Crippen molar-refractivity contribution in [2.75, 3.05) is 19.7 Å². The van der Waals surface area contributed by atoms with E-state index in [1.807, 2.05) is 13.8 Å². The zero-order valence-corrected chi connectivity index (χ0v) is 17.5. The molecule has 3 heterocycles. The summed E-state index contributed by atoms with van der Waals surface area (Å²) in [7, 11) is 0. The first-order chi connectivity index (χ1) is 15.0. The summed E-state index contributed by atoms with van der Waals surface area (Å²) in [6.07, 6.45) is 3.22. The number of hydrogen-bond donors (Lipinski definition) is 0. The van der Waals surface area contributed by atoms with Crippen molar-refractivity contribution in [1.82, 2.24) is 25.1 Å². The van der Waals surface area contributed by atoms with Crippen LogP contribution in [0.15, 0.2) is 41.1 Å². The fraction of sp³-hybridized carbons (Fsp3) is 0.409. The van der Waals surface area contributed by atoms with Crippen LogP contribution in [-0.2, 0) is 16.0 Å². The molecule has 8 nitrogen and oxygen atoms in total. The Morgan fingerprint density at radius 2 is 2.03 bits per heavy atom. The van der Waals surface area contributed by atoms with E-state index in [1.54, 1.807) is 29.3 Å². The molecule has 0 radical (unpaired) electrons. The molecule has 2 aromatic heterocycles. The molecule has 0 aliphatic carbocycles. The van der Waals surface area contributed by atoms with Gasteiger partial charge in [-0.25, -0.2) is 4.39 Å². The number of benzene rings is 1. The third-order valence-corrected chi connectivity index (χ3v) is 5.11. The zero-order chi connectivity index (χ0) is 21.8. The molecule has 9 heteroatoms. The van der Waals surface area contributed by atoms with Crippen molar-refractivity contribution in [1.29, 1.82) is 0 Å². The molecule has 0 bridgehead atoms. The molecule has 0 saturated carbocycles. The standard InChI is InChI=1S/C22H24FN5O3/c1-14(2)22-27-26-18(31-22)7-8-19(29)28-11-12-30-17(13-28)21-20(24-9-10-25-21)15-5-3-4-6-16(15)23/h3-6,9-10,14,17H,7-8,11-13H2,1-2H3/t17-/m1/s1. The Morgan fingerprint density at radius 1 is 1.23 bits per heavy atom. The minimum atomic E-state index is -0.489. The van der Waals surface area contributed by atoms with Crippen molar-refractivity contribution in [2.45, 2.75) is 38.7 Å². The van der Waals surface area contributed by atoms with Gasteiger partial charge in [-0.05, 0) is 12.1 Å². The van der Waals surface area contributed by atoms with Crippen molar-refractivity contribution in [3.8, 4) is 11.3 Å². The van der Waals surface area contributed by atoms with Crippen LogP contribution in [0.4, 0.5) is 4.39 Å². The van der Waals surface area contributed by atoms with Crippen LogP contribution < -0.4 is 0 Å². The molecule has 4 rings (SSSR count). The topological polar surface area (TPSA) is 94.2 Å². The molecule has 1 aromatic carbocycles. The molecule has 162 valence electrons. The Labute approximate surface area is 179 Å². The lowest BCUT2D eigenvalue weighted by atomic mass is 10.0. The zero-order valence-electron chi connectivity index (χ0n) is 17.5. The maximum atomic E-state index is 14.3. The monoisotopic (exact) mass is 425 g/mol. The van der Waals surface area contributed by atoms with Crippen molar-refractivity contribution in [3.63, 3.8) is 0 Å². The van der Waals surface area contributed by atoms with Crippen LogP contribution in [0.3, 0.4) is 0 Å². The van der Waals surface area contributed by atoms with E-state index in [-0.39, 0.29) is 24.1 Å². The highest BCUT2D eigenvalue weighted by atomic mass is 19.1. The lowest BCUT2D eigenvalue weighted by Crippen LogP contribution is -2.42. The first-order valence-corrected chi connectivity index (χ1v) is 10.3. The second-order valence-electron chi connectivity index (χ2n) is 7.66. The molecule has 0 spiro atoms. The molecule has 0 unspecified atom stereocenters. The highest BCUT2D eigenvalue weighted by molar-refractivity contribution is 5.76. The summed E-state index contributed by atoms with van der Waals surface area (Å²) < 4.78 is 25.8. The largest absolute Gasteiger partial charge is 0.425 e. The van der Waals surface area contributed by atoms with Crippen LogP contribution in [-0.4, -0.2) is 50.7 Å². The predicted molar refractivity (Wildman–Crippen MR) is 109 cm³/mol. The summed E-state index contributed by atoms with van der Waals surface area (Å²) >= 11 is 0. The van der Waals surface area contributed by atoms with Gasteiger partial charge in [0.05, 0.1) is 24.5 Å². The van der Waals surface area contributed by atoms with Crippen molar-refractivity contribution < 1.29 is 18.3 Å². The van der Waals surface area contributed by atoms with E-state index < -0.39 is 6.10 Å². The summed E-state index contributed by atoms with van der Waals surface area (Å²) in [4.78, 5) is 23.2. The maximum Gasteiger partial charge on any atom is 0.223 e. The van der Waals surface area contributed by atoms with Crippen LogP contribution >= 0.6 is 0 Å². The minimum Gasteiger partial charge on any atom is -0.425 e. The number of carbonyl (C=O) groups is 1. The number of morpholine rings is 1. The highest BCUT2D eigenvalue weighted by Crippen LogP contribution is 2.30. The smallest absolute Gasteiger partial charge is 0.223 e. The second kappa shape index (κ2) is 9.30. The van der Waals surface area contributed by atoms with Crippen molar-refractivity contribution in [3.05, 3.63) is 60.0 Å². The molecule has 1 saturated heterocycles. The molecule has 1 aliphatic rings. The maximum absolute atomic E-state index is 14.3. The van der Waals surface area contributed by atoms with E-state index >= 15 is 0 Å². The molecule has 1 atom stereocenters. The van der Waals surface area contributed by atoms with E-state index in [1.165, 1.54) is 12.3 Å². The van der Waals surface area contributed by atoms with E-state index in [4.69, 9.17) is 9.15 Å². The van der Waals surface area contributed by atoms with E-state index in [2.05, 4.69) is 20.2 Å². The van der Waals surface area contributed by atoms with Crippen LogP contribution in [0.2, 0.25) is 0 Å². The fourth-order valence-corrected chi connectivity index (χ4v) is 3.46. The number of hydrogen-bond acceptors (Lipinski definition) is 7. The Hall–Kier alpha value is -3.20. The van der Waals surface area contributed by atoms with Gasteiger partial charge in [-0.15, -0.1) is 10.2 Å². The summed E-state index contributed by atoms with van der Waals surface area (Å²) in [6, 6.07) is 6.41. The molecule has 31 heavy (non-hydrogen) atoms. The first-order valence-electron chi connectivity index (χ1n) is 10.3. The molecular formula is C22H24FN5O3. The molecule has 1 aliphatic heterocycles. The third kappa shape index (κ3) is 4.77. The predicted octanol–water partition coefficient (Wildman–Crippen LogP) is 3.32. The highest BCUT2D eigenvalue weighted by Gasteiger charge is 2.29. The van der Waals surface area contributed by atoms with Crippen molar-refractivity contribution >= 4 is 5.91 Å². The van der Waals surface area contributed by atoms with E-state index in [9.17, 15) is 9.18 Å². The molecule has 1 fully saturated rings. The third-order valence-electron chi connectivity index (χ3n) is 5.11. The summed E-state index contributed by atoms with van der Waals surface area (Å²) in [5.41, 5.74) is 1.30. The SMILES string of the molecule is CC(C)c1nnc(CCC(=O)N2CCO[C@@H](c3nccnc3-c3ccccc3F)C2)o1. The Bertz CT molecular complexity index is 1050. The summed E-state index contributed by atoms with van der Waals surface area (Å²) in [5, 5.41) is 8.00. The van der Waals surface area contributed by atoms with Gasteiger partial charge in [0.25, 0.3) is 0 Å². The van der Waals surface area contributed by atoms with Crippen LogP contribution in [0, 0.1) is 5.82 Å². The van der Waals surface area contributed by atoms with Gasteiger partial charge in [-0.1, -0.05) is 26.0 Å². The number of amides is 1. The minimum absolute atomic E-state index is 0.0334. The number of ether oxygens (including phenoxy) is 1. The first kappa shape index (κ1) is 21.0. The molecule has 3 aromatic rings. The quantitative estimate of drug-likeness (QED) is 0.598. The second-order valence-corrected chi connectivity index (χ2v) is 7.66. The Kier molecular flexibility index (Phi) is 6.31. The molecular weight excluding hydrogens is 401 g/mol. The average molecular weight is 425 g/mol.